The molecule has 0 spiro atoms. The van der Waals surface area contributed by atoms with Crippen molar-refractivity contribution in [1.29, 1.82) is 0 Å². The van der Waals surface area contributed by atoms with E-state index in [9.17, 15) is 0 Å². The Bertz CT molecular complexity index is 3430. The van der Waals surface area contributed by atoms with Gasteiger partial charge in [0.05, 0.1) is 16.9 Å². The van der Waals surface area contributed by atoms with Crippen LogP contribution in [0.3, 0.4) is 0 Å². The minimum Gasteiger partial charge on any atom is -0.457 e. The van der Waals surface area contributed by atoms with Crippen molar-refractivity contribution in [1.82, 2.24) is 4.57 Å². The number of ether oxygens (including phenoxy) is 1. The molecule has 0 aliphatic carbocycles. The maximum Gasteiger partial charge on any atom is 0.268 e. The van der Waals surface area contributed by atoms with Crippen molar-refractivity contribution in [2.24, 2.45) is 7.05 Å². The molecule has 4 nitrogen and oxygen atoms in total. The van der Waals surface area contributed by atoms with E-state index in [4.69, 9.17) is 4.74 Å². The van der Waals surface area contributed by atoms with Crippen molar-refractivity contribution in [3.63, 3.8) is 0 Å². The molecule has 0 saturated carbocycles. The van der Waals surface area contributed by atoms with E-state index >= 15 is 0 Å². The Morgan fingerprint density at radius 1 is 0.544 bits per heavy atom. The summed E-state index contributed by atoms with van der Waals surface area (Å²) in [6, 6.07) is 51.1. The standard InChI is InChI=1S/C62H64BN3OS/c1-37-33-51-55-52(34-37)67-57-45-35-40(61(8,9)10)24-32-53(45)68-58(57)63(55)46-36-41(62(11,12)13)23-29-48(46)66(51)50-31-30-49(54-44-17-15-16-18-47(44)64(14)56(50)54)65(42-25-19-38(20-26-42)59(2,3)4)43-27-21-39(22-28-43)60(5,6)7/h15-36H,1-14H3. The highest BCUT2D eigenvalue weighted by Gasteiger charge is 2.45. The van der Waals surface area contributed by atoms with E-state index in [1.807, 2.05) is 11.3 Å². The van der Waals surface area contributed by atoms with E-state index in [0.29, 0.717) is 0 Å². The molecule has 68 heavy (non-hydrogen) atoms. The predicted molar refractivity (Wildman–Crippen MR) is 296 cm³/mol. The Morgan fingerprint density at radius 2 is 1.10 bits per heavy atom. The number of hydrogen-bond donors (Lipinski definition) is 0. The molecule has 0 bridgehead atoms. The Hall–Kier alpha value is -6.24. The number of anilines is 6. The first-order valence-electron chi connectivity index (χ1n) is 24.4. The van der Waals surface area contributed by atoms with Gasteiger partial charge in [-0.25, -0.2) is 0 Å². The summed E-state index contributed by atoms with van der Waals surface area (Å²) in [6.07, 6.45) is 0. The van der Waals surface area contributed by atoms with E-state index in [1.165, 1.54) is 86.8 Å². The normalized spacial score (nSPS) is 13.8. The highest BCUT2D eigenvalue weighted by atomic mass is 32.1. The minimum atomic E-state index is -0.0452. The Morgan fingerprint density at radius 3 is 1.72 bits per heavy atom. The van der Waals surface area contributed by atoms with Crippen molar-refractivity contribution in [2.45, 2.75) is 112 Å². The molecule has 4 heterocycles. The maximum atomic E-state index is 7.26. The number of thiophene rings is 1. The number of hydrogen-bond acceptors (Lipinski definition) is 4. The molecule has 7 aromatic carbocycles. The lowest BCUT2D eigenvalue weighted by Gasteiger charge is -2.40. The first kappa shape index (κ1) is 44.3. The van der Waals surface area contributed by atoms with E-state index in [0.717, 1.165) is 34.2 Å². The van der Waals surface area contributed by atoms with Gasteiger partial charge in [0.15, 0.2) is 0 Å². The third-order valence-electron chi connectivity index (χ3n) is 14.7. The van der Waals surface area contributed by atoms with Crippen molar-refractivity contribution in [3.05, 3.63) is 161 Å². The topological polar surface area (TPSA) is 20.6 Å². The Kier molecular flexibility index (Phi) is 9.85. The molecule has 0 unspecified atom stereocenters. The summed E-state index contributed by atoms with van der Waals surface area (Å²) in [6.45, 7) is 29.8. The largest absolute Gasteiger partial charge is 0.457 e. The zero-order valence-electron chi connectivity index (χ0n) is 42.4. The maximum absolute atomic E-state index is 7.26. The van der Waals surface area contributed by atoms with Crippen LogP contribution in [-0.4, -0.2) is 11.3 Å². The number of aromatic nitrogens is 1. The number of benzene rings is 7. The fourth-order valence-corrected chi connectivity index (χ4v) is 12.1. The highest BCUT2D eigenvalue weighted by molar-refractivity contribution is 7.33. The van der Waals surface area contributed by atoms with Crippen LogP contribution in [0.4, 0.5) is 34.1 Å². The van der Waals surface area contributed by atoms with Gasteiger partial charge in [-0.3, -0.25) is 0 Å². The van der Waals surface area contributed by atoms with Gasteiger partial charge in [-0.05, 0) is 140 Å². The van der Waals surface area contributed by atoms with Gasteiger partial charge < -0.3 is 19.1 Å². The van der Waals surface area contributed by atoms with Gasteiger partial charge in [0, 0.05) is 60.9 Å². The van der Waals surface area contributed by atoms with Crippen LogP contribution in [0.2, 0.25) is 0 Å². The molecule has 6 heteroatoms. The summed E-state index contributed by atoms with van der Waals surface area (Å²) in [5.41, 5.74) is 18.3. The highest BCUT2D eigenvalue weighted by Crippen LogP contribution is 2.51. The van der Waals surface area contributed by atoms with Gasteiger partial charge in [-0.1, -0.05) is 144 Å². The lowest BCUT2D eigenvalue weighted by molar-refractivity contribution is 0.494. The van der Waals surface area contributed by atoms with Crippen LogP contribution in [0.25, 0.3) is 31.9 Å². The fourth-order valence-electron chi connectivity index (χ4n) is 10.8. The predicted octanol–water partition coefficient (Wildman–Crippen LogP) is 15.9. The smallest absolute Gasteiger partial charge is 0.268 e. The van der Waals surface area contributed by atoms with E-state index in [2.05, 4.69) is 245 Å². The third kappa shape index (κ3) is 7.00. The molecular weight excluding hydrogens is 846 g/mol. The molecule has 0 N–H and O–H groups in total. The minimum absolute atomic E-state index is 0.0123. The van der Waals surface area contributed by atoms with Crippen LogP contribution in [0.15, 0.2) is 133 Å². The SMILES string of the molecule is Cc1cc2c3c(c1)N(c1ccc(N(c4ccc(C(C)(C)C)cc4)c4ccc(C(C)(C)C)cc4)c4c5ccccc5n(C)c14)c1ccc(C(C)(C)C)cc1B3c1sc3ccc(C(C)(C)C)cc3c1O2. The average molecular weight is 910 g/mol. The van der Waals surface area contributed by atoms with Crippen LogP contribution in [0.5, 0.6) is 11.5 Å². The third-order valence-corrected chi connectivity index (χ3v) is 15.9. The molecular formula is C62H64BN3OS. The van der Waals surface area contributed by atoms with Crippen molar-refractivity contribution in [2.75, 3.05) is 9.80 Å². The van der Waals surface area contributed by atoms with Gasteiger partial charge in [0.25, 0.3) is 6.71 Å². The van der Waals surface area contributed by atoms with Gasteiger partial charge in [0.1, 0.15) is 11.5 Å². The first-order chi connectivity index (χ1) is 32.1. The molecule has 0 saturated heterocycles. The van der Waals surface area contributed by atoms with Crippen LogP contribution < -0.4 is 30.2 Å². The van der Waals surface area contributed by atoms with Gasteiger partial charge in [0.2, 0.25) is 0 Å². The summed E-state index contributed by atoms with van der Waals surface area (Å²) < 4.78 is 12.2. The molecule has 9 aromatic rings. The van der Waals surface area contributed by atoms with Gasteiger partial charge in [-0.15, -0.1) is 11.3 Å². The Balaban J connectivity index is 1.19. The molecule has 2 aliphatic heterocycles. The van der Waals surface area contributed by atoms with Crippen molar-refractivity contribution >= 4 is 99.8 Å². The number of aryl methyl sites for hydroxylation is 2. The second kappa shape index (κ2) is 15.1. The quantitative estimate of drug-likeness (QED) is 0.164. The lowest BCUT2D eigenvalue weighted by Crippen LogP contribution is -2.58. The molecule has 2 aromatic heterocycles. The monoisotopic (exact) mass is 909 g/mol. The van der Waals surface area contributed by atoms with Crippen molar-refractivity contribution < 1.29 is 4.74 Å². The zero-order chi connectivity index (χ0) is 48.0. The average Bonchev–Trinajstić information content (AvgIpc) is 3.80. The van der Waals surface area contributed by atoms with E-state index in [1.54, 1.807) is 0 Å². The lowest BCUT2D eigenvalue weighted by atomic mass is 9.36. The number of nitrogens with zero attached hydrogens (tertiary/aromatic N) is 3. The van der Waals surface area contributed by atoms with Crippen LogP contribution in [0, 0.1) is 6.92 Å². The molecule has 0 radical (unpaired) electrons. The van der Waals surface area contributed by atoms with Crippen molar-refractivity contribution in [3.8, 4) is 11.5 Å². The molecule has 0 atom stereocenters. The van der Waals surface area contributed by atoms with Crippen LogP contribution in [0.1, 0.15) is 111 Å². The number of fused-ring (bicyclic) bond motifs is 9. The number of para-hydroxylation sites is 1. The summed E-state index contributed by atoms with van der Waals surface area (Å²) in [4.78, 5) is 5.04. The summed E-state index contributed by atoms with van der Waals surface area (Å²) in [5, 5.41) is 3.65. The fraction of sp³-hybridized carbons (Fsp3) is 0.290. The summed E-state index contributed by atoms with van der Waals surface area (Å²) in [7, 11) is 2.25. The molecule has 0 fully saturated rings. The molecule has 11 rings (SSSR count). The second-order valence-electron chi connectivity index (χ2n) is 23.7. The van der Waals surface area contributed by atoms with E-state index in [-0.39, 0.29) is 28.4 Å². The molecule has 2 aliphatic rings. The zero-order valence-corrected chi connectivity index (χ0v) is 43.3. The summed E-state index contributed by atoms with van der Waals surface area (Å²) >= 11 is 1.90. The molecule has 342 valence electrons. The van der Waals surface area contributed by atoms with E-state index < -0.39 is 0 Å². The van der Waals surface area contributed by atoms with Crippen LogP contribution >= 0.6 is 11.3 Å². The van der Waals surface area contributed by atoms with Gasteiger partial charge >= 0.3 is 0 Å². The Labute approximate surface area is 408 Å². The first-order valence-corrected chi connectivity index (χ1v) is 25.2. The second-order valence-corrected chi connectivity index (χ2v) is 24.8. The van der Waals surface area contributed by atoms with Gasteiger partial charge in [-0.2, -0.15) is 0 Å². The summed E-state index contributed by atoms with van der Waals surface area (Å²) in [5.74, 6) is 1.96. The molecule has 0 amide bonds. The van der Waals surface area contributed by atoms with Crippen LogP contribution in [-0.2, 0) is 28.7 Å². The number of rotatable bonds is 4.